The van der Waals surface area contributed by atoms with Gasteiger partial charge in [-0.3, -0.25) is 0 Å². The van der Waals surface area contributed by atoms with Crippen LogP contribution in [0.5, 0.6) is 0 Å². The van der Waals surface area contributed by atoms with Gasteiger partial charge in [-0.05, 0) is 35.6 Å². The van der Waals surface area contributed by atoms with E-state index in [9.17, 15) is 23.3 Å². The fraction of sp³-hybridized carbons (Fsp3) is 0.188. The number of fused-ring (bicyclic) bond motifs is 1. The Kier molecular flexibility index (Phi) is 4.07. The van der Waals surface area contributed by atoms with Crippen LogP contribution in [0.2, 0.25) is 0 Å². The van der Waals surface area contributed by atoms with E-state index in [4.69, 9.17) is 0 Å². The number of alkyl halides is 3. The van der Waals surface area contributed by atoms with Gasteiger partial charge in [-0.25, -0.2) is 0 Å². The highest BCUT2D eigenvalue weighted by atomic mass is 19.4. The lowest BCUT2D eigenvalue weighted by atomic mass is 10.0. The first-order valence-electron chi connectivity index (χ1n) is 7.32. The maximum atomic E-state index is 12.8. The molecule has 0 fully saturated rings. The third kappa shape index (κ3) is 3.25. The Labute approximate surface area is 140 Å². The second-order valence-corrected chi connectivity index (χ2v) is 5.46. The van der Waals surface area contributed by atoms with Crippen LogP contribution in [-0.2, 0) is 6.18 Å². The Morgan fingerprint density at radius 3 is 2.68 bits per heavy atom. The summed E-state index contributed by atoms with van der Waals surface area (Å²) < 4.78 is 39.8. The zero-order valence-electron chi connectivity index (χ0n) is 13.0. The summed E-state index contributed by atoms with van der Waals surface area (Å²) >= 11 is 0. The summed E-state index contributed by atoms with van der Waals surface area (Å²) in [6.07, 6.45) is -2.95. The zero-order chi connectivity index (χ0) is 18.2. The number of nitro groups is 1. The van der Waals surface area contributed by atoms with Crippen molar-refractivity contribution in [2.75, 3.05) is 5.32 Å². The zero-order valence-corrected chi connectivity index (χ0v) is 13.0. The minimum atomic E-state index is -4.45. The molecule has 0 bridgehead atoms. The number of benzene rings is 1. The predicted molar refractivity (Wildman–Crippen MR) is 85.3 cm³/mol. The molecule has 0 aliphatic carbocycles. The minimum absolute atomic E-state index is 0.00103. The van der Waals surface area contributed by atoms with Gasteiger partial charge in [0.1, 0.15) is 0 Å². The molecule has 0 saturated carbocycles. The van der Waals surface area contributed by atoms with E-state index in [1.165, 1.54) is 22.7 Å². The number of halogens is 3. The van der Waals surface area contributed by atoms with Crippen LogP contribution in [0.3, 0.4) is 0 Å². The highest BCUT2D eigenvalue weighted by Crippen LogP contribution is 2.32. The van der Waals surface area contributed by atoms with Crippen molar-refractivity contribution < 1.29 is 18.1 Å². The van der Waals surface area contributed by atoms with Crippen molar-refractivity contribution in [1.82, 2.24) is 9.38 Å². The fourth-order valence-electron chi connectivity index (χ4n) is 2.53. The van der Waals surface area contributed by atoms with Crippen molar-refractivity contribution in [2.45, 2.75) is 19.1 Å². The molecule has 2 aromatic heterocycles. The second kappa shape index (κ2) is 6.08. The summed E-state index contributed by atoms with van der Waals surface area (Å²) in [5.41, 5.74) is -0.0581. The second-order valence-electron chi connectivity index (χ2n) is 5.46. The highest BCUT2D eigenvalue weighted by molar-refractivity contribution is 5.62. The molecule has 130 valence electrons. The number of nitrogens with zero attached hydrogens (tertiary/aromatic N) is 3. The molecule has 1 aromatic carbocycles. The average Bonchev–Trinajstić information content (AvgIpc) is 2.92. The van der Waals surface area contributed by atoms with Crippen molar-refractivity contribution in [3.05, 3.63) is 69.9 Å². The summed E-state index contributed by atoms with van der Waals surface area (Å²) in [6.45, 7) is 1.61. The molecule has 9 heteroatoms. The van der Waals surface area contributed by atoms with E-state index in [0.717, 1.165) is 12.1 Å². The largest absolute Gasteiger partial charge is 0.416 e. The predicted octanol–water partition coefficient (Wildman–Crippen LogP) is 4.43. The van der Waals surface area contributed by atoms with Crippen LogP contribution in [-0.4, -0.2) is 14.3 Å². The first-order valence-corrected chi connectivity index (χ1v) is 7.32. The van der Waals surface area contributed by atoms with Gasteiger partial charge in [0.2, 0.25) is 11.5 Å². The third-order valence-corrected chi connectivity index (χ3v) is 3.74. The van der Waals surface area contributed by atoms with E-state index in [1.54, 1.807) is 25.1 Å². The smallest absolute Gasteiger partial charge is 0.358 e. The van der Waals surface area contributed by atoms with Gasteiger partial charge in [0, 0.05) is 6.07 Å². The number of anilines is 1. The molecule has 0 radical (unpaired) electrons. The molecule has 0 aliphatic rings. The minimum Gasteiger partial charge on any atom is -0.358 e. The molecule has 6 nitrogen and oxygen atoms in total. The summed E-state index contributed by atoms with van der Waals surface area (Å²) in [6, 6.07) is 9.12. The molecule has 1 atom stereocenters. The quantitative estimate of drug-likeness (QED) is 0.558. The number of imidazole rings is 1. The van der Waals surface area contributed by atoms with Gasteiger partial charge in [-0.2, -0.15) is 22.6 Å². The van der Waals surface area contributed by atoms with E-state index < -0.39 is 22.7 Å². The first kappa shape index (κ1) is 16.7. The number of nitrogens with one attached hydrogen (secondary N) is 1. The molecule has 3 aromatic rings. The van der Waals surface area contributed by atoms with Crippen LogP contribution in [0, 0.1) is 10.1 Å². The molecule has 2 heterocycles. The summed E-state index contributed by atoms with van der Waals surface area (Å²) in [7, 11) is 0. The molecule has 0 spiro atoms. The van der Waals surface area contributed by atoms with Crippen LogP contribution in [0.15, 0.2) is 48.7 Å². The lowest BCUT2D eigenvalue weighted by Gasteiger charge is -2.15. The fourth-order valence-corrected chi connectivity index (χ4v) is 2.53. The van der Waals surface area contributed by atoms with Gasteiger partial charge < -0.3 is 15.4 Å². The Balaban J connectivity index is 1.96. The normalized spacial score (nSPS) is 13.0. The Morgan fingerprint density at radius 1 is 1.24 bits per heavy atom. The molecule has 1 unspecified atom stereocenters. The Hall–Kier alpha value is -3.10. The topological polar surface area (TPSA) is 72.5 Å². The number of pyridine rings is 1. The molecule has 25 heavy (non-hydrogen) atoms. The number of hydrogen-bond acceptors (Lipinski definition) is 4. The van der Waals surface area contributed by atoms with Crippen molar-refractivity contribution in [3.8, 4) is 0 Å². The van der Waals surface area contributed by atoms with Crippen LogP contribution < -0.4 is 5.32 Å². The molecule has 0 amide bonds. The van der Waals surface area contributed by atoms with E-state index in [-0.39, 0.29) is 11.6 Å². The van der Waals surface area contributed by atoms with Gasteiger partial charge >= 0.3 is 12.0 Å². The van der Waals surface area contributed by atoms with Crippen LogP contribution in [0.1, 0.15) is 24.1 Å². The monoisotopic (exact) mass is 350 g/mol. The number of aromatic nitrogens is 2. The highest BCUT2D eigenvalue weighted by Gasteiger charge is 2.31. The van der Waals surface area contributed by atoms with Crippen molar-refractivity contribution in [2.24, 2.45) is 0 Å². The molecule has 1 N–H and O–H groups in total. The Morgan fingerprint density at radius 2 is 2.00 bits per heavy atom. The van der Waals surface area contributed by atoms with Crippen LogP contribution in [0.25, 0.3) is 5.65 Å². The lowest BCUT2D eigenvalue weighted by Crippen LogP contribution is -2.11. The van der Waals surface area contributed by atoms with Gasteiger partial charge in [-0.1, -0.05) is 18.2 Å². The van der Waals surface area contributed by atoms with Gasteiger partial charge in [-0.15, -0.1) is 0 Å². The van der Waals surface area contributed by atoms with Crippen LogP contribution in [0.4, 0.5) is 24.8 Å². The molecule has 0 saturated heterocycles. The first-order chi connectivity index (χ1) is 11.8. The molecular formula is C16H13F3N4O2. The average molecular weight is 350 g/mol. The molecular weight excluding hydrogens is 337 g/mol. The lowest BCUT2D eigenvalue weighted by molar-refractivity contribution is -0.389. The van der Waals surface area contributed by atoms with Gasteiger partial charge in [0.15, 0.2) is 0 Å². The Bertz CT molecular complexity index is 937. The van der Waals surface area contributed by atoms with Crippen molar-refractivity contribution in [3.63, 3.8) is 0 Å². The maximum absolute atomic E-state index is 12.8. The van der Waals surface area contributed by atoms with Crippen molar-refractivity contribution >= 4 is 17.3 Å². The van der Waals surface area contributed by atoms with Gasteiger partial charge in [0.05, 0.1) is 17.8 Å². The summed E-state index contributed by atoms with van der Waals surface area (Å²) in [5.74, 6) is -0.268. The molecule has 3 rings (SSSR count). The summed E-state index contributed by atoms with van der Waals surface area (Å²) in [5, 5.41) is 14.2. The van der Waals surface area contributed by atoms with E-state index in [1.807, 2.05) is 0 Å². The standard InChI is InChI=1S/C16H13F3N4O2/c1-10(11-5-4-6-12(9-11)16(17,18)19)20-14-15(23(24)25)22-8-3-2-7-13(22)21-14/h2-10,20H,1H3. The van der Waals surface area contributed by atoms with E-state index in [0.29, 0.717) is 11.2 Å². The SMILES string of the molecule is CC(Nc1nc2ccccn2c1[N+](=O)[O-])c1cccc(C(F)(F)F)c1. The number of rotatable bonds is 4. The van der Waals surface area contributed by atoms with Crippen molar-refractivity contribution in [1.29, 1.82) is 0 Å². The van der Waals surface area contributed by atoms with Crippen LogP contribution >= 0.6 is 0 Å². The summed E-state index contributed by atoms with van der Waals surface area (Å²) in [4.78, 5) is 14.9. The number of hydrogen-bond donors (Lipinski definition) is 1. The van der Waals surface area contributed by atoms with Gasteiger partial charge in [0.25, 0.3) is 0 Å². The third-order valence-electron chi connectivity index (χ3n) is 3.74. The van der Waals surface area contributed by atoms with E-state index in [2.05, 4.69) is 10.3 Å². The molecule has 0 aliphatic heterocycles. The maximum Gasteiger partial charge on any atom is 0.416 e. The van der Waals surface area contributed by atoms with E-state index >= 15 is 0 Å².